The van der Waals surface area contributed by atoms with E-state index in [0.717, 1.165) is 0 Å². The number of nitrogens with one attached hydrogen (secondary N) is 1. The lowest BCUT2D eigenvalue weighted by molar-refractivity contribution is -0.120. The van der Waals surface area contributed by atoms with Crippen LogP contribution < -0.4 is 16.8 Å². The van der Waals surface area contributed by atoms with Crippen molar-refractivity contribution in [3.8, 4) is 0 Å². The van der Waals surface area contributed by atoms with Crippen LogP contribution in [0.3, 0.4) is 0 Å². The Bertz CT molecular complexity index is 635. The van der Waals surface area contributed by atoms with E-state index in [-0.39, 0.29) is 5.56 Å². The van der Waals surface area contributed by atoms with E-state index in [2.05, 4.69) is 5.32 Å². The number of primary amides is 1. The Morgan fingerprint density at radius 3 is 2.45 bits per heavy atom. The molecule has 1 heterocycles. The molecular weight excluding hydrogens is 274 g/mol. The van der Waals surface area contributed by atoms with Crippen LogP contribution in [0.4, 0.5) is 5.00 Å². The summed E-state index contributed by atoms with van der Waals surface area (Å²) in [7, 11) is 0. The maximum Gasteiger partial charge on any atom is 0.251 e. The minimum absolute atomic E-state index is 0.284. The molecule has 0 aliphatic heterocycles. The predicted octanol–water partition coefficient (Wildman–Crippen LogP) is 1.66. The Balaban J connectivity index is 2.24. The van der Waals surface area contributed by atoms with Gasteiger partial charge in [0.2, 0.25) is 5.91 Å². The third-order valence-corrected chi connectivity index (χ3v) is 3.83. The monoisotopic (exact) mass is 289 g/mol. The highest BCUT2D eigenvalue weighted by atomic mass is 32.1. The van der Waals surface area contributed by atoms with Gasteiger partial charge in [0, 0.05) is 0 Å². The Hall–Kier alpha value is -2.18. The van der Waals surface area contributed by atoms with E-state index in [4.69, 9.17) is 11.5 Å². The van der Waals surface area contributed by atoms with E-state index in [1.165, 1.54) is 11.3 Å². The molecule has 0 fully saturated rings. The maximum absolute atomic E-state index is 12.3. The van der Waals surface area contributed by atoms with Crippen molar-refractivity contribution in [2.24, 2.45) is 11.5 Å². The van der Waals surface area contributed by atoms with Gasteiger partial charge in [-0.2, -0.15) is 0 Å². The maximum atomic E-state index is 12.3. The third kappa shape index (κ3) is 2.71. The summed E-state index contributed by atoms with van der Waals surface area (Å²) in [6.45, 7) is 1.62. The van der Waals surface area contributed by atoms with Crippen molar-refractivity contribution >= 4 is 28.2 Å². The van der Waals surface area contributed by atoms with Crippen LogP contribution >= 0.6 is 11.3 Å². The molecule has 6 heteroatoms. The van der Waals surface area contributed by atoms with Gasteiger partial charge in [-0.15, -0.1) is 11.3 Å². The smallest absolute Gasteiger partial charge is 0.251 e. The standard InChI is InChI=1S/C14H15N3O2S/c1-14(16,9-5-3-2-4-6-9)13(19)17-12-10(11(15)18)7-8-20-12/h2-8H,16H2,1H3,(H2,15,18)(H,17,19). The Morgan fingerprint density at radius 2 is 1.85 bits per heavy atom. The third-order valence-electron chi connectivity index (χ3n) is 3.00. The highest BCUT2D eigenvalue weighted by Gasteiger charge is 2.31. The Kier molecular flexibility index (Phi) is 3.87. The fourth-order valence-electron chi connectivity index (χ4n) is 1.75. The predicted molar refractivity (Wildman–Crippen MR) is 79.4 cm³/mol. The number of thiophene rings is 1. The molecule has 0 bridgehead atoms. The molecule has 20 heavy (non-hydrogen) atoms. The second kappa shape index (κ2) is 5.44. The van der Waals surface area contributed by atoms with Gasteiger partial charge in [0.05, 0.1) is 5.56 Å². The van der Waals surface area contributed by atoms with Gasteiger partial charge < -0.3 is 16.8 Å². The molecule has 104 valence electrons. The van der Waals surface area contributed by atoms with Crippen LogP contribution in [0.1, 0.15) is 22.8 Å². The molecule has 0 aliphatic carbocycles. The number of carbonyl (C=O) groups excluding carboxylic acids is 2. The molecule has 1 atom stereocenters. The van der Waals surface area contributed by atoms with Gasteiger partial charge in [0.1, 0.15) is 10.5 Å². The average Bonchev–Trinajstić information content (AvgIpc) is 2.88. The number of hydrogen-bond acceptors (Lipinski definition) is 4. The molecule has 5 nitrogen and oxygen atoms in total. The van der Waals surface area contributed by atoms with E-state index in [1.807, 2.05) is 18.2 Å². The molecule has 0 saturated heterocycles. The first-order valence-corrected chi connectivity index (χ1v) is 6.84. The summed E-state index contributed by atoms with van der Waals surface area (Å²) in [6, 6.07) is 10.6. The molecule has 2 amide bonds. The number of benzene rings is 1. The summed E-state index contributed by atoms with van der Waals surface area (Å²) in [5, 5.41) is 4.76. The Morgan fingerprint density at radius 1 is 1.20 bits per heavy atom. The zero-order valence-electron chi connectivity index (χ0n) is 10.9. The molecule has 1 aromatic heterocycles. The first-order valence-electron chi connectivity index (χ1n) is 5.96. The van der Waals surface area contributed by atoms with Crippen molar-refractivity contribution in [1.29, 1.82) is 0 Å². The van der Waals surface area contributed by atoms with Gasteiger partial charge >= 0.3 is 0 Å². The Labute approximate surface area is 120 Å². The summed E-state index contributed by atoms with van der Waals surface area (Å²) in [5.41, 5.74) is 11.1. The van der Waals surface area contributed by atoms with Crippen molar-refractivity contribution in [2.45, 2.75) is 12.5 Å². The van der Waals surface area contributed by atoms with Gasteiger partial charge in [0.15, 0.2) is 0 Å². The molecule has 2 aromatic rings. The van der Waals surface area contributed by atoms with Crippen molar-refractivity contribution < 1.29 is 9.59 Å². The summed E-state index contributed by atoms with van der Waals surface area (Å²) in [4.78, 5) is 23.6. The molecule has 1 unspecified atom stereocenters. The molecule has 0 saturated carbocycles. The lowest BCUT2D eigenvalue weighted by atomic mass is 9.92. The fraction of sp³-hybridized carbons (Fsp3) is 0.143. The molecular formula is C14H15N3O2S. The van der Waals surface area contributed by atoms with Gasteiger partial charge in [-0.25, -0.2) is 0 Å². The summed E-state index contributed by atoms with van der Waals surface area (Å²) < 4.78 is 0. The number of nitrogens with two attached hydrogens (primary N) is 2. The summed E-state index contributed by atoms with van der Waals surface area (Å²) in [6.07, 6.45) is 0. The first-order chi connectivity index (χ1) is 9.43. The number of hydrogen-bond donors (Lipinski definition) is 3. The van der Waals surface area contributed by atoms with Gasteiger partial charge in [-0.1, -0.05) is 30.3 Å². The molecule has 5 N–H and O–H groups in total. The van der Waals surface area contributed by atoms with E-state index in [1.54, 1.807) is 30.5 Å². The van der Waals surface area contributed by atoms with Crippen molar-refractivity contribution in [3.05, 3.63) is 52.9 Å². The highest BCUT2D eigenvalue weighted by molar-refractivity contribution is 7.14. The van der Waals surface area contributed by atoms with Crippen LogP contribution in [0.25, 0.3) is 0 Å². The highest BCUT2D eigenvalue weighted by Crippen LogP contribution is 2.26. The van der Waals surface area contributed by atoms with Gasteiger partial charge in [-0.3, -0.25) is 9.59 Å². The minimum atomic E-state index is -1.19. The molecule has 0 spiro atoms. The average molecular weight is 289 g/mol. The van der Waals surface area contributed by atoms with Crippen LogP contribution in [0.15, 0.2) is 41.8 Å². The van der Waals surface area contributed by atoms with Crippen LogP contribution in [0.5, 0.6) is 0 Å². The first kappa shape index (κ1) is 14.2. The van der Waals surface area contributed by atoms with Crippen LogP contribution in [-0.4, -0.2) is 11.8 Å². The van der Waals surface area contributed by atoms with Gasteiger partial charge in [0.25, 0.3) is 5.91 Å². The van der Waals surface area contributed by atoms with Gasteiger partial charge in [-0.05, 0) is 23.9 Å². The zero-order chi connectivity index (χ0) is 14.8. The van der Waals surface area contributed by atoms with E-state index in [9.17, 15) is 9.59 Å². The van der Waals surface area contributed by atoms with Crippen molar-refractivity contribution in [3.63, 3.8) is 0 Å². The largest absolute Gasteiger partial charge is 0.366 e. The van der Waals surface area contributed by atoms with Crippen LogP contribution in [-0.2, 0) is 10.3 Å². The SMILES string of the molecule is CC(N)(C(=O)Nc1sccc1C(N)=O)c1ccccc1. The minimum Gasteiger partial charge on any atom is -0.366 e. The molecule has 2 rings (SSSR count). The number of anilines is 1. The topological polar surface area (TPSA) is 98.2 Å². The second-order valence-electron chi connectivity index (χ2n) is 4.55. The van der Waals surface area contributed by atoms with E-state index >= 15 is 0 Å². The number of rotatable bonds is 4. The number of amides is 2. The molecule has 1 aromatic carbocycles. The summed E-state index contributed by atoms with van der Waals surface area (Å²) >= 11 is 1.23. The summed E-state index contributed by atoms with van der Waals surface area (Å²) in [5.74, 6) is -0.978. The van der Waals surface area contributed by atoms with Crippen LogP contribution in [0, 0.1) is 0 Å². The molecule has 0 radical (unpaired) electrons. The van der Waals surface area contributed by atoms with Crippen LogP contribution in [0.2, 0.25) is 0 Å². The number of carbonyl (C=O) groups is 2. The lowest BCUT2D eigenvalue weighted by Gasteiger charge is -2.23. The van der Waals surface area contributed by atoms with E-state index < -0.39 is 17.4 Å². The second-order valence-corrected chi connectivity index (χ2v) is 5.47. The zero-order valence-corrected chi connectivity index (χ0v) is 11.7. The lowest BCUT2D eigenvalue weighted by Crippen LogP contribution is -2.45. The van der Waals surface area contributed by atoms with Crippen molar-refractivity contribution in [1.82, 2.24) is 0 Å². The molecule has 0 aliphatic rings. The normalized spacial score (nSPS) is 13.5. The van der Waals surface area contributed by atoms with Crippen molar-refractivity contribution in [2.75, 3.05) is 5.32 Å². The quantitative estimate of drug-likeness (QED) is 0.798. The van der Waals surface area contributed by atoms with E-state index in [0.29, 0.717) is 10.6 Å². The fourth-order valence-corrected chi connectivity index (χ4v) is 2.54.